The zero-order valence-corrected chi connectivity index (χ0v) is 15.7. The van der Waals surface area contributed by atoms with Crippen LogP contribution in [0.1, 0.15) is 49.4 Å². The van der Waals surface area contributed by atoms with E-state index in [2.05, 4.69) is 42.7 Å². The lowest BCUT2D eigenvalue weighted by Gasteiger charge is -2.33. The Bertz CT molecular complexity index is 807. The highest BCUT2D eigenvalue weighted by Crippen LogP contribution is 2.42. The summed E-state index contributed by atoms with van der Waals surface area (Å²) in [5.74, 6) is 1.72. The normalized spacial score (nSPS) is 19.9. The average molecular weight is 348 g/mol. The first kappa shape index (κ1) is 17.1. The molecule has 1 atom stereocenters. The van der Waals surface area contributed by atoms with Crippen LogP contribution in [0.5, 0.6) is 0 Å². The van der Waals surface area contributed by atoms with Crippen LogP contribution in [0.4, 0.5) is 5.82 Å². The molecule has 2 heterocycles. The molecule has 1 aliphatic carbocycles. The van der Waals surface area contributed by atoms with E-state index < -0.39 is 0 Å². The van der Waals surface area contributed by atoms with Gasteiger partial charge in [0.1, 0.15) is 11.6 Å². The molecule has 1 aromatic carbocycles. The van der Waals surface area contributed by atoms with Crippen molar-refractivity contribution in [1.82, 2.24) is 4.98 Å². The van der Waals surface area contributed by atoms with Crippen LogP contribution in [-0.4, -0.2) is 23.2 Å². The molecule has 2 aliphatic rings. The number of pyridine rings is 1. The molecular formula is C23H28N2O. The van der Waals surface area contributed by atoms with Crippen molar-refractivity contribution in [3.8, 4) is 11.1 Å². The molecule has 1 saturated heterocycles. The highest BCUT2D eigenvalue weighted by atomic mass is 16.3. The van der Waals surface area contributed by atoms with Gasteiger partial charge in [-0.15, -0.1) is 0 Å². The van der Waals surface area contributed by atoms with Gasteiger partial charge in [-0.2, -0.15) is 0 Å². The van der Waals surface area contributed by atoms with Gasteiger partial charge in [-0.25, -0.2) is 4.98 Å². The Morgan fingerprint density at radius 2 is 1.88 bits per heavy atom. The lowest BCUT2D eigenvalue weighted by Crippen LogP contribution is -2.32. The van der Waals surface area contributed by atoms with Gasteiger partial charge in [-0.1, -0.05) is 43.8 Å². The second kappa shape index (κ2) is 7.14. The minimum Gasteiger partial charge on any atom is -0.508 e. The summed E-state index contributed by atoms with van der Waals surface area (Å²) >= 11 is 0. The molecule has 4 rings (SSSR count). The molecule has 0 spiro atoms. The lowest BCUT2D eigenvalue weighted by atomic mass is 9.81. The molecular weight excluding hydrogens is 320 g/mol. The fraction of sp³-hybridized carbons (Fsp3) is 0.435. The second-order valence-electron chi connectivity index (χ2n) is 7.82. The van der Waals surface area contributed by atoms with E-state index in [1.807, 2.05) is 6.07 Å². The summed E-state index contributed by atoms with van der Waals surface area (Å²) in [4.78, 5) is 7.44. The van der Waals surface area contributed by atoms with Gasteiger partial charge in [-0.3, -0.25) is 0 Å². The van der Waals surface area contributed by atoms with E-state index in [9.17, 15) is 5.11 Å². The third kappa shape index (κ3) is 3.11. The van der Waals surface area contributed by atoms with Crippen molar-refractivity contribution in [2.45, 2.75) is 45.4 Å². The summed E-state index contributed by atoms with van der Waals surface area (Å²) in [7, 11) is 0. The number of fused-ring (bicyclic) bond motifs is 1. The summed E-state index contributed by atoms with van der Waals surface area (Å²) in [5, 5.41) is 10.6. The van der Waals surface area contributed by atoms with Crippen LogP contribution in [-0.2, 0) is 12.8 Å². The Morgan fingerprint density at radius 1 is 1.15 bits per heavy atom. The molecule has 1 N–H and O–H groups in total. The Labute approximate surface area is 156 Å². The number of piperidine rings is 1. The quantitative estimate of drug-likeness (QED) is 0.755. The van der Waals surface area contributed by atoms with E-state index in [1.54, 1.807) is 0 Å². The van der Waals surface area contributed by atoms with Gasteiger partial charge in [-0.05, 0) is 55.6 Å². The van der Waals surface area contributed by atoms with Crippen molar-refractivity contribution in [3.05, 3.63) is 53.7 Å². The molecule has 0 radical (unpaired) electrons. The van der Waals surface area contributed by atoms with E-state index in [0.29, 0.717) is 5.92 Å². The number of hydrogen-bond acceptors (Lipinski definition) is 3. The number of anilines is 1. The van der Waals surface area contributed by atoms with Crippen LogP contribution >= 0.6 is 0 Å². The molecule has 3 heteroatoms. The Morgan fingerprint density at radius 3 is 2.58 bits per heavy atom. The predicted octanol–water partition coefficient (Wildman–Crippen LogP) is 5.39. The number of aliphatic hydroxyl groups excluding tert-OH is 1. The maximum absolute atomic E-state index is 10.6. The Balaban J connectivity index is 1.97. The number of aryl methyl sites for hydroxylation is 1. The lowest BCUT2D eigenvalue weighted by molar-refractivity contribution is 0.490. The van der Waals surface area contributed by atoms with Crippen molar-refractivity contribution in [3.63, 3.8) is 0 Å². The maximum Gasteiger partial charge on any atom is 0.140 e. The molecule has 3 nitrogen and oxygen atoms in total. The van der Waals surface area contributed by atoms with Crippen LogP contribution < -0.4 is 4.90 Å². The minimum absolute atomic E-state index is 0.137. The Hall–Kier alpha value is -2.29. The van der Waals surface area contributed by atoms with Crippen LogP contribution in [0.3, 0.4) is 0 Å². The molecule has 1 fully saturated rings. The standard InChI is InChI=1S/C23H28N2O/c1-16-11-12-20-19(15-16)22(18-9-5-3-6-10-18)21(17(2)26)23(24-20)25-13-7-4-8-14-25/h3,5-6,9-10,16,26H,2,4,7-8,11-15H2,1H3. The molecule has 1 aromatic heterocycles. The fourth-order valence-electron chi connectivity index (χ4n) is 4.45. The van der Waals surface area contributed by atoms with Crippen LogP contribution in [0, 0.1) is 5.92 Å². The number of benzene rings is 1. The largest absolute Gasteiger partial charge is 0.508 e. The van der Waals surface area contributed by atoms with Gasteiger partial charge in [0.05, 0.1) is 5.56 Å². The SMILES string of the molecule is C=C(O)c1c(N2CCCCC2)nc2c(c1-c1ccccc1)CC(C)CC2. The van der Waals surface area contributed by atoms with E-state index in [0.717, 1.165) is 48.4 Å². The molecule has 1 aliphatic heterocycles. The number of aliphatic hydroxyl groups is 1. The zero-order chi connectivity index (χ0) is 18.1. The highest BCUT2D eigenvalue weighted by Gasteiger charge is 2.28. The van der Waals surface area contributed by atoms with Crippen molar-refractivity contribution >= 4 is 11.6 Å². The first-order valence-corrected chi connectivity index (χ1v) is 9.89. The van der Waals surface area contributed by atoms with E-state index >= 15 is 0 Å². The van der Waals surface area contributed by atoms with Gasteiger partial charge >= 0.3 is 0 Å². The molecule has 1 unspecified atom stereocenters. The highest BCUT2D eigenvalue weighted by molar-refractivity contribution is 5.87. The molecule has 26 heavy (non-hydrogen) atoms. The molecule has 2 aromatic rings. The smallest absolute Gasteiger partial charge is 0.140 e. The third-order valence-corrected chi connectivity index (χ3v) is 5.80. The summed E-state index contributed by atoms with van der Waals surface area (Å²) in [6.45, 7) is 8.25. The summed E-state index contributed by atoms with van der Waals surface area (Å²) in [6, 6.07) is 10.5. The number of nitrogens with zero attached hydrogens (tertiary/aromatic N) is 2. The van der Waals surface area contributed by atoms with Crippen LogP contribution in [0.2, 0.25) is 0 Å². The zero-order valence-electron chi connectivity index (χ0n) is 15.7. The van der Waals surface area contributed by atoms with Gasteiger partial charge in [0.15, 0.2) is 0 Å². The third-order valence-electron chi connectivity index (χ3n) is 5.80. The van der Waals surface area contributed by atoms with Crippen LogP contribution in [0.25, 0.3) is 16.9 Å². The van der Waals surface area contributed by atoms with Gasteiger partial charge in [0.2, 0.25) is 0 Å². The van der Waals surface area contributed by atoms with Crippen molar-refractivity contribution in [2.24, 2.45) is 5.92 Å². The first-order valence-electron chi connectivity index (χ1n) is 9.89. The monoisotopic (exact) mass is 348 g/mol. The average Bonchev–Trinajstić information content (AvgIpc) is 2.67. The molecule has 136 valence electrons. The Kier molecular flexibility index (Phi) is 4.71. The van der Waals surface area contributed by atoms with Gasteiger partial charge in [0.25, 0.3) is 0 Å². The number of hydrogen-bond donors (Lipinski definition) is 1. The van der Waals surface area contributed by atoms with Crippen molar-refractivity contribution in [2.75, 3.05) is 18.0 Å². The minimum atomic E-state index is 0.137. The van der Waals surface area contributed by atoms with E-state index in [1.165, 1.54) is 36.9 Å². The fourth-order valence-corrected chi connectivity index (χ4v) is 4.45. The van der Waals surface area contributed by atoms with Crippen molar-refractivity contribution < 1.29 is 5.11 Å². The molecule has 0 amide bonds. The molecule has 0 saturated carbocycles. The first-order chi connectivity index (χ1) is 12.6. The van der Waals surface area contributed by atoms with Gasteiger partial charge in [0, 0.05) is 24.3 Å². The van der Waals surface area contributed by atoms with Gasteiger partial charge < -0.3 is 10.0 Å². The van der Waals surface area contributed by atoms with E-state index in [-0.39, 0.29) is 5.76 Å². The maximum atomic E-state index is 10.6. The second-order valence-corrected chi connectivity index (χ2v) is 7.82. The number of aromatic nitrogens is 1. The number of rotatable bonds is 3. The molecule has 0 bridgehead atoms. The predicted molar refractivity (Wildman–Crippen MR) is 109 cm³/mol. The van der Waals surface area contributed by atoms with E-state index in [4.69, 9.17) is 4.98 Å². The topological polar surface area (TPSA) is 36.4 Å². The summed E-state index contributed by atoms with van der Waals surface area (Å²) < 4.78 is 0. The van der Waals surface area contributed by atoms with Crippen LogP contribution in [0.15, 0.2) is 36.9 Å². The summed E-state index contributed by atoms with van der Waals surface area (Å²) in [6.07, 6.45) is 6.89. The van der Waals surface area contributed by atoms with Crippen molar-refractivity contribution in [1.29, 1.82) is 0 Å². The summed E-state index contributed by atoms with van der Waals surface area (Å²) in [5.41, 5.74) is 5.67.